The van der Waals surface area contributed by atoms with E-state index in [9.17, 15) is 0 Å². The molecule has 1 heterocycles. The molecule has 0 aromatic rings. The number of allylic oxidation sites excluding steroid dienone is 2. The lowest BCUT2D eigenvalue weighted by Crippen LogP contribution is -2.11. The van der Waals surface area contributed by atoms with Crippen molar-refractivity contribution in [2.24, 2.45) is 0 Å². The highest BCUT2D eigenvalue weighted by atomic mass is 15.0. The maximum Gasteiger partial charge on any atom is 0.0600 e. The zero-order valence-electron chi connectivity index (χ0n) is 7.59. The zero-order valence-corrected chi connectivity index (χ0v) is 7.59. The highest BCUT2D eigenvalue weighted by molar-refractivity contribution is 5.39. The van der Waals surface area contributed by atoms with Crippen molar-refractivity contribution in [2.45, 2.75) is 0 Å². The summed E-state index contributed by atoms with van der Waals surface area (Å²) in [5.41, 5.74) is 1.11. The first-order chi connectivity index (χ1) is 5.79. The van der Waals surface area contributed by atoms with Crippen molar-refractivity contribution < 1.29 is 0 Å². The first-order valence-corrected chi connectivity index (χ1v) is 4.03. The molecule has 64 valence electrons. The number of rotatable bonds is 1. The van der Waals surface area contributed by atoms with E-state index in [1.807, 2.05) is 26.4 Å². The normalized spacial score (nSPS) is 14.8. The highest BCUT2D eigenvalue weighted by Crippen LogP contribution is 1.96. The van der Waals surface area contributed by atoms with Crippen LogP contribution in [0.5, 0.6) is 0 Å². The van der Waals surface area contributed by atoms with Crippen LogP contribution < -0.4 is 5.32 Å². The largest absolute Gasteiger partial charge is 0.387 e. The quantitative estimate of drug-likeness (QED) is 0.568. The minimum Gasteiger partial charge on any atom is -0.387 e. The molecule has 1 rings (SSSR count). The van der Waals surface area contributed by atoms with Gasteiger partial charge < -0.3 is 5.32 Å². The van der Waals surface area contributed by atoms with Gasteiger partial charge in [0.05, 0.1) is 6.54 Å². The molecular weight excluding hydrogens is 148 g/mol. The van der Waals surface area contributed by atoms with Crippen LogP contribution in [-0.4, -0.2) is 32.1 Å². The van der Waals surface area contributed by atoms with Gasteiger partial charge in [-0.3, -0.25) is 4.90 Å². The molecule has 0 atom stereocenters. The molecule has 0 radical (unpaired) electrons. The smallest absolute Gasteiger partial charge is 0.0600 e. The fourth-order valence-corrected chi connectivity index (χ4v) is 0.846. The maximum absolute atomic E-state index is 3.10. The minimum atomic E-state index is 0.818. The second-order valence-corrected chi connectivity index (χ2v) is 2.94. The molecule has 0 aromatic heterocycles. The van der Waals surface area contributed by atoms with Crippen LogP contribution in [0.15, 0.2) is 23.9 Å². The molecule has 0 aromatic carbocycles. The summed E-state index contributed by atoms with van der Waals surface area (Å²) in [5, 5.41) is 3.08. The average Bonchev–Trinajstić information content (AvgIpc) is 2.05. The van der Waals surface area contributed by atoms with Crippen molar-refractivity contribution in [3.05, 3.63) is 23.9 Å². The Morgan fingerprint density at radius 3 is 3.00 bits per heavy atom. The molecule has 2 heteroatoms. The van der Waals surface area contributed by atoms with Crippen LogP contribution in [-0.2, 0) is 0 Å². The summed E-state index contributed by atoms with van der Waals surface area (Å²) in [4.78, 5) is 2.05. The molecule has 0 amide bonds. The van der Waals surface area contributed by atoms with Crippen molar-refractivity contribution in [3.63, 3.8) is 0 Å². The molecule has 0 aliphatic carbocycles. The summed E-state index contributed by atoms with van der Waals surface area (Å²) in [6.07, 6.45) is 6.01. The SMILES string of the molecule is CN(C)CC#CC1=CCNC=C1. The number of dihydropyridines is 1. The van der Waals surface area contributed by atoms with Crippen LogP contribution in [0.1, 0.15) is 0 Å². The topological polar surface area (TPSA) is 15.3 Å². The van der Waals surface area contributed by atoms with Crippen LogP contribution in [0.25, 0.3) is 0 Å². The molecule has 0 spiro atoms. The van der Waals surface area contributed by atoms with E-state index in [0.717, 1.165) is 18.7 Å². The number of nitrogens with zero attached hydrogens (tertiary/aromatic N) is 1. The van der Waals surface area contributed by atoms with E-state index in [1.54, 1.807) is 0 Å². The second kappa shape index (κ2) is 4.63. The fraction of sp³-hybridized carbons (Fsp3) is 0.400. The molecule has 1 N–H and O–H groups in total. The molecule has 0 saturated carbocycles. The van der Waals surface area contributed by atoms with Gasteiger partial charge in [-0.05, 0) is 32.4 Å². The summed E-state index contributed by atoms with van der Waals surface area (Å²) in [7, 11) is 4.03. The average molecular weight is 162 g/mol. The van der Waals surface area contributed by atoms with Crippen molar-refractivity contribution in [3.8, 4) is 11.8 Å². The molecular formula is C10H14N2. The van der Waals surface area contributed by atoms with Crippen LogP contribution in [0.4, 0.5) is 0 Å². The van der Waals surface area contributed by atoms with E-state index < -0.39 is 0 Å². The number of hydrogen-bond donors (Lipinski definition) is 1. The molecule has 0 saturated heterocycles. The lowest BCUT2D eigenvalue weighted by molar-refractivity contribution is 0.464. The maximum atomic E-state index is 3.10. The van der Waals surface area contributed by atoms with Crippen molar-refractivity contribution in [1.82, 2.24) is 10.2 Å². The van der Waals surface area contributed by atoms with Gasteiger partial charge >= 0.3 is 0 Å². The monoisotopic (exact) mass is 162 g/mol. The Kier molecular flexibility index (Phi) is 3.43. The second-order valence-electron chi connectivity index (χ2n) is 2.94. The van der Waals surface area contributed by atoms with Crippen molar-refractivity contribution >= 4 is 0 Å². The Morgan fingerprint density at radius 1 is 1.58 bits per heavy atom. The summed E-state index contributed by atoms with van der Waals surface area (Å²) in [6.45, 7) is 1.71. The Labute approximate surface area is 73.9 Å². The standard InChI is InChI=1S/C10H14N2/c1-12(2)9-3-4-10-5-7-11-8-6-10/h5-7,11H,8-9H2,1-2H3. The third kappa shape index (κ3) is 3.27. The van der Waals surface area contributed by atoms with E-state index in [4.69, 9.17) is 0 Å². The molecule has 0 fully saturated rings. The van der Waals surface area contributed by atoms with Gasteiger partial charge in [-0.1, -0.05) is 11.8 Å². The van der Waals surface area contributed by atoms with Gasteiger partial charge in [0, 0.05) is 12.1 Å². The van der Waals surface area contributed by atoms with Gasteiger partial charge in [0.1, 0.15) is 0 Å². The summed E-state index contributed by atoms with van der Waals surface area (Å²) < 4.78 is 0. The van der Waals surface area contributed by atoms with E-state index in [1.165, 1.54) is 0 Å². The molecule has 0 unspecified atom stereocenters. The van der Waals surface area contributed by atoms with Crippen LogP contribution in [0.3, 0.4) is 0 Å². The van der Waals surface area contributed by atoms with E-state index in [-0.39, 0.29) is 0 Å². The third-order valence-corrected chi connectivity index (χ3v) is 1.45. The molecule has 1 aliphatic rings. The van der Waals surface area contributed by atoms with E-state index in [2.05, 4.69) is 28.1 Å². The van der Waals surface area contributed by atoms with Gasteiger partial charge in [0.25, 0.3) is 0 Å². The van der Waals surface area contributed by atoms with Crippen molar-refractivity contribution in [1.29, 1.82) is 0 Å². The van der Waals surface area contributed by atoms with E-state index >= 15 is 0 Å². The minimum absolute atomic E-state index is 0.818. The van der Waals surface area contributed by atoms with Gasteiger partial charge in [-0.25, -0.2) is 0 Å². The van der Waals surface area contributed by atoms with Crippen LogP contribution >= 0.6 is 0 Å². The van der Waals surface area contributed by atoms with Crippen LogP contribution in [0.2, 0.25) is 0 Å². The third-order valence-electron chi connectivity index (χ3n) is 1.45. The summed E-state index contributed by atoms with van der Waals surface area (Å²) >= 11 is 0. The zero-order chi connectivity index (χ0) is 8.81. The van der Waals surface area contributed by atoms with Crippen LogP contribution in [0, 0.1) is 11.8 Å². The number of nitrogens with one attached hydrogen (secondary N) is 1. The molecule has 12 heavy (non-hydrogen) atoms. The summed E-state index contributed by atoms with van der Waals surface area (Å²) in [5.74, 6) is 6.18. The summed E-state index contributed by atoms with van der Waals surface area (Å²) in [6, 6.07) is 0. The van der Waals surface area contributed by atoms with Gasteiger partial charge in [0.2, 0.25) is 0 Å². The first-order valence-electron chi connectivity index (χ1n) is 4.03. The number of hydrogen-bond acceptors (Lipinski definition) is 2. The van der Waals surface area contributed by atoms with Crippen molar-refractivity contribution in [2.75, 3.05) is 27.2 Å². The Morgan fingerprint density at radius 2 is 2.42 bits per heavy atom. The van der Waals surface area contributed by atoms with Gasteiger partial charge in [0.15, 0.2) is 0 Å². The lowest BCUT2D eigenvalue weighted by Gasteiger charge is -2.03. The molecule has 2 nitrogen and oxygen atoms in total. The first kappa shape index (κ1) is 8.89. The Hall–Kier alpha value is -1.20. The van der Waals surface area contributed by atoms with Gasteiger partial charge in [-0.2, -0.15) is 0 Å². The molecule has 0 bridgehead atoms. The Balaban J connectivity index is 2.42. The Bertz CT molecular complexity index is 251. The fourth-order valence-electron chi connectivity index (χ4n) is 0.846. The predicted molar refractivity (Wildman–Crippen MR) is 51.6 cm³/mol. The van der Waals surface area contributed by atoms with Gasteiger partial charge in [-0.15, -0.1) is 0 Å². The lowest BCUT2D eigenvalue weighted by atomic mass is 10.2. The highest BCUT2D eigenvalue weighted by Gasteiger charge is 1.89. The molecule has 1 aliphatic heterocycles. The predicted octanol–water partition coefficient (Wildman–Crippen LogP) is 0.595. The van der Waals surface area contributed by atoms with E-state index in [0.29, 0.717) is 0 Å².